The van der Waals surface area contributed by atoms with E-state index in [2.05, 4.69) is 22.4 Å². The van der Waals surface area contributed by atoms with Crippen molar-refractivity contribution < 1.29 is 4.92 Å². The smallest absolute Gasteiger partial charge is 0.269 e. The van der Waals surface area contributed by atoms with Crippen molar-refractivity contribution in [2.75, 3.05) is 11.9 Å². The number of nitro benzene ring substituents is 1. The van der Waals surface area contributed by atoms with Crippen LogP contribution in [-0.4, -0.2) is 21.7 Å². The average Bonchev–Trinajstić information content (AvgIpc) is 2.92. The number of thioether (sulfide) groups is 1. The van der Waals surface area contributed by atoms with E-state index in [-0.39, 0.29) is 15.9 Å². The Balaban J connectivity index is 2.03. The maximum Gasteiger partial charge on any atom is 0.269 e. The second-order valence-corrected chi connectivity index (χ2v) is 6.98. The molecule has 0 spiro atoms. The Morgan fingerprint density at radius 1 is 1.48 bits per heavy atom. The normalized spacial score (nSPS) is 12.1. The lowest BCUT2D eigenvalue weighted by Gasteiger charge is -2.08. The third kappa shape index (κ3) is 4.40. The summed E-state index contributed by atoms with van der Waals surface area (Å²) in [4.78, 5) is 10.4. The van der Waals surface area contributed by atoms with E-state index in [1.54, 1.807) is 23.9 Å². The molecule has 2 aromatic rings. The molecule has 1 aromatic heterocycles. The first-order chi connectivity index (χ1) is 10.1. The molecule has 0 aliphatic rings. The van der Waals surface area contributed by atoms with Crippen LogP contribution in [0.1, 0.15) is 31.1 Å². The summed E-state index contributed by atoms with van der Waals surface area (Å²) in [5.41, 5.74) is 1.02. The Hall–Kier alpha value is -1.67. The third-order valence-electron chi connectivity index (χ3n) is 2.76. The van der Waals surface area contributed by atoms with Crippen molar-refractivity contribution in [1.82, 2.24) is 10.2 Å². The van der Waals surface area contributed by atoms with Crippen LogP contribution in [-0.2, 0) is 0 Å². The molecule has 0 bridgehead atoms. The minimum absolute atomic E-state index is 0.0804. The zero-order chi connectivity index (χ0) is 15.2. The predicted octanol–water partition coefficient (Wildman–Crippen LogP) is 4.12. The molecule has 1 atom stereocenters. The summed E-state index contributed by atoms with van der Waals surface area (Å²) in [7, 11) is 0. The van der Waals surface area contributed by atoms with E-state index >= 15 is 0 Å². The number of rotatable bonds is 7. The molecule has 1 heterocycles. The van der Waals surface area contributed by atoms with Gasteiger partial charge in [-0.25, -0.2) is 0 Å². The van der Waals surface area contributed by atoms with E-state index in [0.29, 0.717) is 0 Å². The Labute approximate surface area is 131 Å². The van der Waals surface area contributed by atoms with Crippen molar-refractivity contribution in [3.8, 4) is 0 Å². The maximum atomic E-state index is 10.8. The zero-order valence-electron chi connectivity index (χ0n) is 11.8. The summed E-state index contributed by atoms with van der Waals surface area (Å²) in [6.07, 6.45) is 1.03. The van der Waals surface area contributed by atoms with Gasteiger partial charge in [0.1, 0.15) is 0 Å². The number of hydrogen-bond acceptors (Lipinski definition) is 7. The first-order valence-corrected chi connectivity index (χ1v) is 8.28. The number of non-ortho nitro benzene ring substituents is 1. The first-order valence-electron chi connectivity index (χ1n) is 6.58. The number of nitrogens with zero attached hydrogens (tertiary/aromatic N) is 3. The van der Waals surface area contributed by atoms with Gasteiger partial charge in [-0.2, -0.15) is 0 Å². The molecule has 0 amide bonds. The maximum absolute atomic E-state index is 10.8. The summed E-state index contributed by atoms with van der Waals surface area (Å²) in [5, 5.41) is 23.1. The van der Waals surface area contributed by atoms with E-state index < -0.39 is 0 Å². The van der Waals surface area contributed by atoms with E-state index in [4.69, 9.17) is 0 Å². The number of benzene rings is 1. The van der Waals surface area contributed by atoms with Gasteiger partial charge < -0.3 is 5.32 Å². The molecule has 0 unspecified atom stereocenters. The van der Waals surface area contributed by atoms with Gasteiger partial charge in [0.05, 0.1) is 4.92 Å². The van der Waals surface area contributed by atoms with Crippen molar-refractivity contribution in [3.63, 3.8) is 0 Å². The monoisotopic (exact) mass is 324 g/mol. The summed E-state index contributed by atoms with van der Waals surface area (Å²) < 4.78 is 0.854. The summed E-state index contributed by atoms with van der Waals surface area (Å²) in [6.45, 7) is 4.97. The SMILES string of the molecule is CCCNc1nnc(S[C@@H](C)c2cccc([N+](=O)[O-])c2)s1. The predicted molar refractivity (Wildman–Crippen MR) is 86.1 cm³/mol. The fraction of sp³-hybridized carbons (Fsp3) is 0.385. The third-order valence-corrected chi connectivity index (χ3v) is 4.88. The quantitative estimate of drug-likeness (QED) is 0.469. The largest absolute Gasteiger partial charge is 0.360 e. The van der Waals surface area contributed by atoms with Crippen LogP contribution < -0.4 is 5.32 Å². The van der Waals surface area contributed by atoms with Crippen LogP contribution in [0.5, 0.6) is 0 Å². The highest BCUT2D eigenvalue weighted by Crippen LogP contribution is 2.38. The second kappa shape index (κ2) is 7.37. The lowest BCUT2D eigenvalue weighted by atomic mass is 10.1. The fourth-order valence-corrected chi connectivity index (χ4v) is 3.71. The minimum Gasteiger partial charge on any atom is -0.360 e. The van der Waals surface area contributed by atoms with Gasteiger partial charge in [0.2, 0.25) is 5.13 Å². The molecule has 1 aromatic carbocycles. The molecular formula is C13H16N4O2S2. The van der Waals surface area contributed by atoms with Gasteiger partial charge in [-0.05, 0) is 18.9 Å². The molecule has 6 nitrogen and oxygen atoms in total. The Kier molecular flexibility index (Phi) is 5.51. The highest BCUT2D eigenvalue weighted by Gasteiger charge is 2.14. The average molecular weight is 324 g/mol. The van der Waals surface area contributed by atoms with Crippen molar-refractivity contribution in [1.29, 1.82) is 0 Å². The van der Waals surface area contributed by atoms with Crippen molar-refractivity contribution in [2.24, 2.45) is 0 Å². The van der Waals surface area contributed by atoms with Crippen LogP contribution in [0.3, 0.4) is 0 Å². The molecule has 0 fully saturated rings. The van der Waals surface area contributed by atoms with Crippen LogP contribution in [0.15, 0.2) is 28.6 Å². The fourth-order valence-electron chi connectivity index (χ4n) is 1.67. The lowest BCUT2D eigenvalue weighted by molar-refractivity contribution is -0.384. The highest BCUT2D eigenvalue weighted by atomic mass is 32.2. The molecule has 0 aliphatic heterocycles. The number of nitro groups is 1. The van der Waals surface area contributed by atoms with Gasteiger partial charge in [0.15, 0.2) is 4.34 Å². The van der Waals surface area contributed by atoms with Crippen LogP contribution in [0.4, 0.5) is 10.8 Å². The van der Waals surface area contributed by atoms with E-state index in [1.165, 1.54) is 17.4 Å². The molecule has 1 N–H and O–H groups in total. The van der Waals surface area contributed by atoms with Crippen molar-refractivity contribution >= 4 is 33.9 Å². The molecule has 0 saturated carbocycles. The lowest BCUT2D eigenvalue weighted by Crippen LogP contribution is -1.98. The zero-order valence-corrected chi connectivity index (χ0v) is 13.4. The summed E-state index contributed by atoms with van der Waals surface area (Å²) >= 11 is 3.06. The van der Waals surface area contributed by atoms with Gasteiger partial charge in [-0.15, -0.1) is 10.2 Å². The molecular weight excluding hydrogens is 308 g/mol. The van der Waals surface area contributed by atoms with Crippen LogP contribution in [0.25, 0.3) is 0 Å². The molecule has 112 valence electrons. The van der Waals surface area contributed by atoms with Gasteiger partial charge >= 0.3 is 0 Å². The highest BCUT2D eigenvalue weighted by molar-refractivity contribution is 8.01. The number of aromatic nitrogens is 2. The second-order valence-electron chi connectivity index (χ2n) is 4.41. The van der Waals surface area contributed by atoms with Gasteiger partial charge in [0.25, 0.3) is 5.69 Å². The molecule has 8 heteroatoms. The van der Waals surface area contributed by atoms with Gasteiger partial charge in [0, 0.05) is 23.9 Å². The van der Waals surface area contributed by atoms with Crippen LogP contribution >= 0.6 is 23.1 Å². The molecule has 0 aliphatic carbocycles. The molecule has 0 radical (unpaired) electrons. The first kappa shape index (κ1) is 15.7. The Morgan fingerprint density at radius 3 is 3.00 bits per heavy atom. The Morgan fingerprint density at radius 2 is 2.29 bits per heavy atom. The van der Waals surface area contributed by atoms with E-state index in [9.17, 15) is 10.1 Å². The molecule has 2 rings (SSSR count). The van der Waals surface area contributed by atoms with Crippen LogP contribution in [0, 0.1) is 10.1 Å². The van der Waals surface area contributed by atoms with Crippen LogP contribution in [0.2, 0.25) is 0 Å². The standard InChI is InChI=1S/C13H16N4O2S2/c1-3-7-14-12-15-16-13(21-12)20-9(2)10-5-4-6-11(8-10)17(18)19/h4-6,8-9H,3,7H2,1-2H3,(H,14,15)/t9-/m0/s1. The molecule has 21 heavy (non-hydrogen) atoms. The van der Waals surface area contributed by atoms with Gasteiger partial charge in [-0.1, -0.05) is 42.2 Å². The van der Waals surface area contributed by atoms with Gasteiger partial charge in [-0.3, -0.25) is 10.1 Å². The topological polar surface area (TPSA) is 81.0 Å². The van der Waals surface area contributed by atoms with E-state index in [0.717, 1.165) is 28.0 Å². The number of hydrogen-bond donors (Lipinski definition) is 1. The Bertz CT molecular complexity index is 618. The van der Waals surface area contributed by atoms with Crippen molar-refractivity contribution in [2.45, 2.75) is 29.9 Å². The summed E-state index contributed by atoms with van der Waals surface area (Å²) in [6, 6.07) is 6.70. The minimum atomic E-state index is -0.376. The summed E-state index contributed by atoms with van der Waals surface area (Å²) in [5.74, 6) is 0. The molecule has 0 saturated heterocycles. The number of nitrogens with one attached hydrogen (secondary N) is 1. The van der Waals surface area contributed by atoms with E-state index in [1.807, 2.05) is 13.0 Å². The van der Waals surface area contributed by atoms with Crippen molar-refractivity contribution in [3.05, 3.63) is 39.9 Å². The number of anilines is 1.